The zero-order chi connectivity index (χ0) is 18.9. The van der Waals surface area contributed by atoms with Crippen molar-refractivity contribution in [3.8, 4) is 0 Å². The average Bonchev–Trinajstić information content (AvgIpc) is 3.14. The van der Waals surface area contributed by atoms with E-state index in [0.29, 0.717) is 19.5 Å². The topological polar surface area (TPSA) is 59.1 Å². The number of thiol groups is 1. The Bertz CT molecular complexity index is 661. The van der Waals surface area contributed by atoms with Crippen LogP contribution in [0.5, 0.6) is 0 Å². The van der Waals surface area contributed by atoms with Crippen LogP contribution in [0.25, 0.3) is 0 Å². The highest BCUT2D eigenvalue weighted by molar-refractivity contribution is 7.81. The number of carbonyl (C=O) groups excluding carboxylic acids is 2. The second-order valence-corrected chi connectivity index (χ2v) is 8.44. The number of hydrogen-bond donors (Lipinski definition) is 1. The fourth-order valence-corrected chi connectivity index (χ4v) is 4.13. The van der Waals surface area contributed by atoms with Gasteiger partial charge in [-0.1, -0.05) is 30.3 Å². The molecule has 2 aliphatic heterocycles. The van der Waals surface area contributed by atoms with E-state index >= 15 is 0 Å². The van der Waals surface area contributed by atoms with E-state index in [1.165, 1.54) is 0 Å². The number of hydrogen-bond acceptors (Lipinski definition) is 5. The van der Waals surface area contributed by atoms with Gasteiger partial charge in [0.1, 0.15) is 12.2 Å². The van der Waals surface area contributed by atoms with Gasteiger partial charge in [0.15, 0.2) is 0 Å². The van der Waals surface area contributed by atoms with Gasteiger partial charge >= 0.3 is 12.2 Å². The average molecular weight is 378 g/mol. The van der Waals surface area contributed by atoms with Gasteiger partial charge in [0.2, 0.25) is 0 Å². The van der Waals surface area contributed by atoms with Crippen LogP contribution in [0.4, 0.5) is 9.59 Å². The number of carbonyl (C=O) groups is 2. The fraction of sp³-hybridized carbons (Fsp3) is 0.579. The molecule has 142 valence electrons. The van der Waals surface area contributed by atoms with Crippen LogP contribution in [-0.2, 0) is 16.1 Å². The molecule has 0 aliphatic carbocycles. The third kappa shape index (κ3) is 4.09. The van der Waals surface area contributed by atoms with E-state index in [1.807, 2.05) is 51.1 Å². The quantitative estimate of drug-likeness (QED) is 0.802. The van der Waals surface area contributed by atoms with Crippen LogP contribution < -0.4 is 0 Å². The Morgan fingerprint density at radius 3 is 2.50 bits per heavy atom. The Morgan fingerprint density at radius 1 is 1.15 bits per heavy atom. The highest BCUT2D eigenvalue weighted by Crippen LogP contribution is 2.35. The monoisotopic (exact) mass is 378 g/mol. The molecule has 1 aromatic carbocycles. The zero-order valence-corrected chi connectivity index (χ0v) is 16.3. The summed E-state index contributed by atoms with van der Waals surface area (Å²) in [7, 11) is 0. The van der Waals surface area contributed by atoms with Gasteiger partial charge in [-0.2, -0.15) is 12.6 Å². The van der Waals surface area contributed by atoms with E-state index < -0.39 is 5.60 Å². The van der Waals surface area contributed by atoms with Crippen molar-refractivity contribution in [3.63, 3.8) is 0 Å². The lowest BCUT2D eigenvalue weighted by Gasteiger charge is -2.29. The Labute approximate surface area is 159 Å². The molecule has 2 aliphatic rings. The lowest BCUT2D eigenvalue weighted by Crippen LogP contribution is -2.45. The van der Waals surface area contributed by atoms with Crippen molar-refractivity contribution in [1.29, 1.82) is 0 Å². The molecule has 26 heavy (non-hydrogen) atoms. The summed E-state index contributed by atoms with van der Waals surface area (Å²) in [6.45, 7) is 6.80. The Morgan fingerprint density at radius 2 is 1.85 bits per heavy atom. The summed E-state index contributed by atoms with van der Waals surface area (Å²) >= 11 is 4.63. The van der Waals surface area contributed by atoms with Crippen LogP contribution >= 0.6 is 12.6 Å². The third-order valence-corrected chi connectivity index (χ3v) is 5.13. The minimum atomic E-state index is -0.547. The predicted molar refractivity (Wildman–Crippen MR) is 101 cm³/mol. The van der Waals surface area contributed by atoms with Crippen molar-refractivity contribution in [2.45, 2.75) is 56.7 Å². The summed E-state index contributed by atoms with van der Waals surface area (Å²) < 4.78 is 11.0. The molecule has 0 bridgehead atoms. The Hall–Kier alpha value is -1.89. The lowest BCUT2D eigenvalue weighted by atomic mass is 10.1. The van der Waals surface area contributed by atoms with Crippen LogP contribution in [-0.4, -0.2) is 58.0 Å². The molecule has 0 saturated carbocycles. The molecule has 2 amide bonds. The first-order chi connectivity index (χ1) is 12.3. The minimum Gasteiger partial charge on any atom is -0.445 e. The molecule has 2 fully saturated rings. The first-order valence-corrected chi connectivity index (χ1v) is 9.43. The Kier molecular flexibility index (Phi) is 5.37. The highest BCUT2D eigenvalue weighted by atomic mass is 32.1. The number of rotatable bonds is 2. The maximum absolute atomic E-state index is 12.5. The van der Waals surface area contributed by atoms with Gasteiger partial charge in [-0.15, -0.1) is 0 Å². The highest BCUT2D eigenvalue weighted by Gasteiger charge is 2.52. The van der Waals surface area contributed by atoms with Crippen LogP contribution in [0.2, 0.25) is 0 Å². The Balaban J connectivity index is 1.62. The number of ether oxygens (including phenoxy) is 2. The molecule has 0 aromatic heterocycles. The SMILES string of the molecule is CC(C)(C)OC(=O)N1CCC2C1C(S)CN2C(=O)OCc1ccccc1. The van der Waals surface area contributed by atoms with Crippen molar-refractivity contribution in [2.75, 3.05) is 13.1 Å². The van der Waals surface area contributed by atoms with Gasteiger partial charge in [-0.05, 0) is 32.8 Å². The maximum atomic E-state index is 12.5. The van der Waals surface area contributed by atoms with Gasteiger partial charge in [-0.25, -0.2) is 9.59 Å². The standard InChI is InChI=1S/C19H26N2O4S/c1-19(2,3)25-18(23)20-10-9-14-16(20)15(26)11-21(14)17(22)24-12-13-7-5-4-6-8-13/h4-8,14-16,26H,9-12H2,1-3H3. The maximum Gasteiger partial charge on any atom is 0.410 e. The second-order valence-electron chi connectivity index (χ2n) is 7.78. The first-order valence-electron chi connectivity index (χ1n) is 8.91. The van der Waals surface area contributed by atoms with E-state index in [1.54, 1.807) is 9.80 Å². The van der Waals surface area contributed by atoms with Gasteiger partial charge in [0.05, 0.1) is 12.1 Å². The molecule has 6 nitrogen and oxygen atoms in total. The van der Waals surface area contributed by atoms with Crippen LogP contribution in [0, 0.1) is 0 Å². The zero-order valence-electron chi connectivity index (χ0n) is 15.4. The summed E-state index contributed by atoms with van der Waals surface area (Å²) in [5.41, 5.74) is 0.398. The largest absolute Gasteiger partial charge is 0.445 e. The molecule has 0 N–H and O–H groups in total. The van der Waals surface area contributed by atoms with Crippen molar-refractivity contribution < 1.29 is 19.1 Å². The van der Waals surface area contributed by atoms with Gasteiger partial charge in [-0.3, -0.25) is 0 Å². The fourth-order valence-electron chi connectivity index (χ4n) is 3.59. The van der Waals surface area contributed by atoms with Gasteiger partial charge < -0.3 is 19.3 Å². The van der Waals surface area contributed by atoms with E-state index in [0.717, 1.165) is 5.56 Å². The van der Waals surface area contributed by atoms with E-state index in [-0.39, 0.29) is 36.1 Å². The molecule has 2 saturated heterocycles. The number of amides is 2. The number of likely N-dealkylation sites (tertiary alicyclic amines) is 2. The van der Waals surface area contributed by atoms with Gasteiger partial charge in [0.25, 0.3) is 0 Å². The number of fused-ring (bicyclic) bond motifs is 1. The third-order valence-electron chi connectivity index (χ3n) is 4.67. The van der Waals surface area contributed by atoms with Gasteiger partial charge in [0, 0.05) is 18.3 Å². The molecular weight excluding hydrogens is 352 g/mol. The lowest BCUT2D eigenvalue weighted by molar-refractivity contribution is 0.0224. The van der Waals surface area contributed by atoms with Crippen molar-refractivity contribution in [2.24, 2.45) is 0 Å². The first kappa shape index (κ1) is 18.9. The van der Waals surface area contributed by atoms with E-state index in [4.69, 9.17) is 9.47 Å². The molecule has 3 rings (SSSR count). The summed E-state index contributed by atoms with van der Waals surface area (Å²) in [6, 6.07) is 9.36. The molecule has 0 spiro atoms. The van der Waals surface area contributed by atoms with Crippen LogP contribution in [0.3, 0.4) is 0 Å². The second kappa shape index (κ2) is 7.39. The molecular formula is C19H26N2O4S. The molecule has 3 atom stereocenters. The summed E-state index contributed by atoms with van der Waals surface area (Å²) in [5.74, 6) is 0. The minimum absolute atomic E-state index is 0.0757. The van der Waals surface area contributed by atoms with E-state index in [2.05, 4.69) is 12.6 Å². The molecule has 7 heteroatoms. The van der Waals surface area contributed by atoms with Crippen LogP contribution in [0.15, 0.2) is 30.3 Å². The van der Waals surface area contributed by atoms with Crippen molar-refractivity contribution in [3.05, 3.63) is 35.9 Å². The summed E-state index contributed by atoms with van der Waals surface area (Å²) in [5, 5.41) is -0.112. The smallest absolute Gasteiger partial charge is 0.410 e. The molecule has 1 aromatic rings. The molecule has 2 heterocycles. The summed E-state index contributed by atoms with van der Waals surface area (Å²) in [4.78, 5) is 28.4. The number of nitrogens with zero attached hydrogens (tertiary/aromatic N) is 2. The summed E-state index contributed by atoms with van der Waals surface area (Å²) in [6.07, 6.45) is 0.0106. The number of benzene rings is 1. The van der Waals surface area contributed by atoms with Crippen molar-refractivity contribution in [1.82, 2.24) is 9.80 Å². The normalized spacial score (nSPS) is 25.2. The predicted octanol–water partition coefficient (Wildman–Crippen LogP) is 3.32. The van der Waals surface area contributed by atoms with Crippen LogP contribution in [0.1, 0.15) is 32.8 Å². The van der Waals surface area contributed by atoms with Crippen molar-refractivity contribution >= 4 is 24.8 Å². The van der Waals surface area contributed by atoms with E-state index in [9.17, 15) is 9.59 Å². The molecule has 0 radical (unpaired) electrons. The molecule has 3 unspecified atom stereocenters.